The molecule has 134 valence electrons. The average Bonchev–Trinajstić information content (AvgIpc) is 2.55. The molecule has 24 heavy (non-hydrogen) atoms. The van der Waals surface area contributed by atoms with Gasteiger partial charge < -0.3 is 14.8 Å². The molecular weight excluding hydrogens is 335 g/mol. The Hall–Kier alpha value is -1.37. The van der Waals surface area contributed by atoms with Gasteiger partial charge in [0.25, 0.3) is 5.91 Å². The van der Waals surface area contributed by atoms with Gasteiger partial charge in [-0.1, -0.05) is 25.4 Å². The molecule has 1 aliphatic heterocycles. The van der Waals surface area contributed by atoms with Crippen molar-refractivity contribution in [2.45, 2.75) is 19.9 Å². The Bertz CT molecular complexity index is 551. The number of amides is 1. The van der Waals surface area contributed by atoms with Crippen molar-refractivity contribution in [3.05, 3.63) is 29.0 Å². The molecule has 1 atom stereocenters. The predicted molar refractivity (Wildman–Crippen MR) is 90.9 cm³/mol. The van der Waals surface area contributed by atoms with Crippen LogP contribution in [0.5, 0.6) is 5.75 Å². The number of carbonyl (C=O) groups excluding carboxylic acids is 1. The van der Waals surface area contributed by atoms with Gasteiger partial charge in [0.15, 0.2) is 6.61 Å². The van der Waals surface area contributed by atoms with E-state index < -0.39 is 5.82 Å². The van der Waals surface area contributed by atoms with Crippen LogP contribution in [0, 0.1) is 11.7 Å². The third-order valence-corrected chi connectivity index (χ3v) is 4.34. The minimum Gasteiger partial charge on any atom is -0.482 e. The van der Waals surface area contributed by atoms with E-state index in [9.17, 15) is 9.18 Å². The average molecular weight is 359 g/mol. The second-order valence-corrected chi connectivity index (χ2v) is 6.53. The molecule has 0 radical (unpaired) electrons. The van der Waals surface area contributed by atoms with Gasteiger partial charge in [-0.25, -0.2) is 4.39 Å². The highest BCUT2D eigenvalue weighted by Gasteiger charge is 2.24. The molecule has 1 unspecified atom stereocenters. The first-order valence-electron chi connectivity index (χ1n) is 8.13. The molecule has 7 heteroatoms. The summed E-state index contributed by atoms with van der Waals surface area (Å²) < 4.78 is 23.7. The van der Waals surface area contributed by atoms with Gasteiger partial charge in [0.2, 0.25) is 0 Å². The summed E-state index contributed by atoms with van der Waals surface area (Å²) in [5, 5.41) is 3.05. The number of hydrogen-bond donors (Lipinski definition) is 1. The van der Waals surface area contributed by atoms with Crippen LogP contribution in [-0.4, -0.2) is 56.3 Å². The molecular formula is C17H24ClFN2O3. The first-order valence-corrected chi connectivity index (χ1v) is 8.51. The molecule has 0 aromatic heterocycles. The van der Waals surface area contributed by atoms with Crippen LogP contribution in [0.25, 0.3) is 0 Å². The molecule has 1 saturated heterocycles. The topological polar surface area (TPSA) is 50.8 Å². The van der Waals surface area contributed by atoms with E-state index in [0.29, 0.717) is 18.2 Å². The zero-order valence-electron chi connectivity index (χ0n) is 14.1. The van der Waals surface area contributed by atoms with Crippen LogP contribution in [-0.2, 0) is 9.53 Å². The van der Waals surface area contributed by atoms with Crippen LogP contribution in [0.15, 0.2) is 18.2 Å². The van der Waals surface area contributed by atoms with E-state index in [1.165, 1.54) is 12.1 Å². The maximum Gasteiger partial charge on any atom is 0.257 e. The summed E-state index contributed by atoms with van der Waals surface area (Å²) in [6.45, 7) is 7.88. The Morgan fingerprint density at radius 1 is 1.42 bits per heavy atom. The zero-order valence-corrected chi connectivity index (χ0v) is 14.8. The molecule has 5 nitrogen and oxygen atoms in total. The van der Waals surface area contributed by atoms with Gasteiger partial charge in [0, 0.05) is 25.7 Å². The smallest absolute Gasteiger partial charge is 0.257 e. The van der Waals surface area contributed by atoms with Crippen molar-refractivity contribution in [3.8, 4) is 5.75 Å². The van der Waals surface area contributed by atoms with Crippen molar-refractivity contribution in [3.63, 3.8) is 0 Å². The molecule has 1 fully saturated rings. The van der Waals surface area contributed by atoms with Crippen LogP contribution in [0.3, 0.4) is 0 Å². The van der Waals surface area contributed by atoms with E-state index in [1.54, 1.807) is 0 Å². The van der Waals surface area contributed by atoms with Crippen molar-refractivity contribution >= 4 is 17.5 Å². The Morgan fingerprint density at radius 3 is 2.75 bits per heavy atom. The highest BCUT2D eigenvalue weighted by molar-refractivity contribution is 6.32. The second-order valence-electron chi connectivity index (χ2n) is 6.13. The fraction of sp³-hybridized carbons (Fsp3) is 0.588. The van der Waals surface area contributed by atoms with E-state index in [0.717, 1.165) is 32.4 Å². The minimum atomic E-state index is -0.443. The van der Waals surface area contributed by atoms with Crippen molar-refractivity contribution in [1.82, 2.24) is 10.2 Å². The second kappa shape index (κ2) is 9.20. The zero-order chi connectivity index (χ0) is 17.5. The first-order chi connectivity index (χ1) is 11.5. The number of nitrogens with zero attached hydrogens (tertiary/aromatic N) is 1. The third kappa shape index (κ3) is 5.61. The van der Waals surface area contributed by atoms with Gasteiger partial charge in [0.05, 0.1) is 18.2 Å². The van der Waals surface area contributed by atoms with Crippen LogP contribution >= 0.6 is 11.6 Å². The molecule has 0 aliphatic carbocycles. The van der Waals surface area contributed by atoms with Crippen LogP contribution in [0.4, 0.5) is 4.39 Å². The van der Waals surface area contributed by atoms with Crippen molar-refractivity contribution in [2.24, 2.45) is 5.92 Å². The van der Waals surface area contributed by atoms with Crippen molar-refractivity contribution in [2.75, 3.05) is 39.5 Å². The molecule has 1 aromatic carbocycles. The van der Waals surface area contributed by atoms with Crippen LogP contribution in [0.1, 0.15) is 13.8 Å². The van der Waals surface area contributed by atoms with Gasteiger partial charge in [-0.3, -0.25) is 9.69 Å². The maximum absolute atomic E-state index is 13.0. The molecule has 1 aliphatic rings. The third-order valence-electron chi connectivity index (χ3n) is 4.05. The summed E-state index contributed by atoms with van der Waals surface area (Å²) in [5.74, 6) is 0.0362. The highest BCUT2D eigenvalue weighted by Crippen LogP contribution is 2.24. The Morgan fingerprint density at radius 2 is 2.12 bits per heavy atom. The standard InChI is InChI=1S/C17H24ClFN2O3/c1-12(2)15(21-5-7-23-8-6-21)10-20-17(22)11-24-16-4-3-13(19)9-14(16)18/h3-4,9,12,15H,5-8,10-11H2,1-2H3,(H,20,22). The Labute approximate surface area is 147 Å². The highest BCUT2D eigenvalue weighted by atomic mass is 35.5. The summed E-state index contributed by atoms with van der Waals surface area (Å²) in [7, 11) is 0. The molecule has 1 heterocycles. The lowest BCUT2D eigenvalue weighted by Crippen LogP contribution is -2.51. The van der Waals surface area contributed by atoms with Gasteiger partial charge in [0.1, 0.15) is 11.6 Å². The van der Waals surface area contributed by atoms with Crippen LogP contribution < -0.4 is 10.1 Å². The molecule has 0 bridgehead atoms. The fourth-order valence-electron chi connectivity index (χ4n) is 2.70. The maximum atomic E-state index is 13.0. The number of ether oxygens (including phenoxy) is 2. The van der Waals surface area contributed by atoms with Crippen LogP contribution in [0.2, 0.25) is 5.02 Å². The number of carbonyl (C=O) groups is 1. The molecule has 2 rings (SSSR count). The normalized spacial score (nSPS) is 16.9. The summed E-state index contributed by atoms with van der Waals surface area (Å²) in [6.07, 6.45) is 0. The Balaban J connectivity index is 1.80. The summed E-state index contributed by atoms with van der Waals surface area (Å²) in [6, 6.07) is 4.07. The van der Waals surface area contributed by atoms with Crippen molar-refractivity contribution in [1.29, 1.82) is 0 Å². The van der Waals surface area contributed by atoms with Gasteiger partial charge in [-0.2, -0.15) is 0 Å². The minimum absolute atomic E-state index is 0.149. The number of benzene rings is 1. The molecule has 0 saturated carbocycles. The molecule has 1 aromatic rings. The first kappa shape index (κ1) is 19.0. The lowest BCUT2D eigenvalue weighted by Gasteiger charge is -2.36. The quantitative estimate of drug-likeness (QED) is 0.812. The van der Waals surface area contributed by atoms with Gasteiger partial charge in [-0.15, -0.1) is 0 Å². The Kier molecular flexibility index (Phi) is 7.27. The van der Waals surface area contributed by atoms with E-state index in [-0.39, 0.29) is 23.6 Å². The molecule has 1 N–H and O–H groups in total. The largest absolute Gasteiger partial charge is 0.482 e. The number of morpholine rings is 1. The predicted octanol–water partition coefficient (Wildman–Crippen LogP) is 2.33. The lowest BCUT2D eigenvalue weighted by atomic mass is 10.0. The lowest BCUT2D eigenvalue weighted by molar-refractivity contribution is -0.123. The molecule has 0 spiro atoms. The van der Waals surface area contributed by atoms with E-state index in [1.807, 2.05) is 0 Å². The number of hydrogen-bond acceptors (Lipinski definition) is 4. The monoisotopic (exact) mass is 358 g/mol. The van der Waals surface area contributed by atoms with E-state index in [4.69, 9.17) is 21.1 Å². The fourth-order valence-corrected chi connectivity index (χ4v) is 2.92. The van der Waals surface area contributed by atoms with Crippen molar-refractivity contribution < 1.29 is 18.7 Å². The number of halogens is 2. The summed E-state index contributed by atoms with van der Waals surface area (Å²) in [5.41, 5.74) is 0. The molecule has 1 amide bonds. The van der Waals surface area contributed by atoms with Gasteiger partial charge in [-0.05, 0) is 24.1 Å². The SMILES string of the molecule is CC(C)C(CNC(=O)COc1ccc(F)cc1Cl)N1CCOCC1. The number of nitrogens with one attached hydrogen (secondary N) is 1. The van der Waals surface area contributed by atoms with Gasteiger partial charge >= 0.3 is 0 Å². The summed E-state index contributed by atoms with van der Waals surface area (Å²) >= 11 is 5.87. The number of rotatable bonds is 7. The van der Waals surface area contributed by atoms with E-state index >= 15 is 0 Å². The summed E-state index contributed by atoms with van der Waals surface area (Å²) in [4.78, 5) is 14.3. The van der Waals surface area contributed by atoms with E-state index in [2.05, 4.69) is 24.1 Å².